The van der Waals surface area contributed by atoms with Crippen LogP contribution in [0.4, 0.5) is 0 Å². The number of carbonyl (C=O) groups is 1. The van der Waals surface area contributed by atoms with Crippen LogP contribution in [-0.4, -0.2) is 45.5 Å². The molecule has 0 saturated heterocycles. The molecule has 1 atom stereocenters. The Morgan fingerprint density at radius 3 is 2.21 bits per heavy atom. The van der Waals surface area contributed by atoms with E-state index in [1.54, 1.807) is 0 Å². The molecule has 14 heavy (non-hydrogen) atoms. The monoisotopic (exact) mass is 274 g/mol. The summed E-state index contributed by atoms with van der Waals surface area (Å²) in [5.41, 5.74) is 0. The van der Waals surface area contributed by atoms with Crippen LogP contribution in [0.25, 0.3) is 0 Å². The van der Waals surface area contributed by atoms with Crippen molar-refractivity contribution in [2.24, 2.45) is 0 Å². The Kier molecular flexibility index (Phi) is 14.9. The van der Waals surface area contributed by atoms with E-state index < -0.39 is 5.97 Å². The molecule has 0 amide bonds. The number of carboxylic acid groups (broad SMARTS) is 1. The van der Waals surface area contributed by atoms with Crippen LogP contribution in [0.5, 0.6) is 0 Å². The maximum atomic E-state index is 10.4. The molecule has 0 bridgehead atoms. The number of alkyl halides is 1. The Hall–Kier alpha value is 0.950. The van der Waals surface area contributed by atoms with Crippen LogP contribution in [0.15, 0.2) is 0 Å². The van der Waals surface area contributed by atoms with Crippen LogP contribution in [0.1, 0.15) is 51.9 Å². The van der Waals surface area contributed by atoms with Crippen molar-refractivity contribution in [3.63, 3.8) is 0 Å². The van der Waals surface area contributed by atoms with E-state index in [4.69, 9.17) is 5.11 Å². The minimum atomic E-state index is -0.742. The summed E-state index contributed by atoms with van der Waals surface area (Å²) >= 11 is 3.13. The number of unbranched alkanes of at least 4 members (excludes halogenated alkanes) is 5. The summed E-state index contributed by atoms with van der Waals surface area (Å²) in [6.45, 7) is 2.19. The first-order valence-corrected chi connectivity index (χ1v) is 5.97. The molecule has 0 aromatic carbocycles. The Bertz CT molecular complexity index is 142. The van der Waals surface area contributed by atoms with Gasteiger partial charge in [-0.05, 0) is 6.42 Å². The minimum absolute atomic E-state index is 0. The number of carboxylic acids is 1. The van der Waals surface area contributed by atoms with Gasteiger partial charge in [-0.3, -0.25) is 4.79 Å². The average Bonchev–Trinajstić information content (AvgIpc) is 2.10. The molecule has 0 heterocycles. The predicted octanol–water partition coefficient (Wildman–Crippen LogP) is 2.94. The zero-order valence-corrected chi connectivity index (χ0v) is 9.85. The summed E-state index contributed by atoms with van der Waals surface area (Å²) < 4.78 is 0. The molecule has 0 radical (unpaired) electrons. The molecular formula is C10H20BrNaO2. The van der Waals surface area contributed by atoms with Gasteiger partial charge in [0, 0.05) is 0 Å². The van der Waals surface area contributed by atoms with Gasteiger partial charge >= 0.3 is 35.5 Å². The Morgan fingerprint density at radius 1 is 1.21 bits per heavy atom. The molecule has 0 aromatic heterocycles. The second-order valence-electron chi connectivity index (χ2n) is 3.36. The molecule has 0 aliphatic heterocycles. The van der Waals surface area contributed by atoms with E-state index in [0.29, 0.717) is 0 Å². The van der Waals surface area contributed by atoms with Crippen LogP contribution in [-0.2, 0) is 4.79 Å². The molecule has 0 aliphatic rings. The average molecular weight is 275 g/mol. The first-order valence-electron chi connectivity index (χ1n) is 5.05. The van der Waals surface area contributed by atoms with Crippen LogP contribution in [0, 0.1) is 0 Å². The SMILES string of the molecule is CCCCCCCCC(Br)C(=O)O.[NaH]. The van der Waals surface area contributed by atoms with Gasteiger partial charge in [0.1, 0.15) is 4.83 Å². The van der Waals surface area contributed by atoms with Gasteiger partial charge in [-0.25, -0.2) is 0 Å². The molecular weight excluding hydrogens is 255 g/mol. The van der Waals surface area contributed by atoms with Crippen LogP contribution in [0.3, 0.4) is 0 Å². The summed E-state index contributed by atoms with van der Waals surface area (Å²) in [6.07, 6.45) is 8.03. The van der Waals surface area contributed by atoms with Crippen molar-refractivity contribution in [3.8, 4) is 0 Å². The molecule has 4 heteroatoms. The van der Waals surface area contributed by atoms with E-state index >= 15 is 0 Å². The summed E-state index contributed by atoms with van der Waals surface area (Å²) in [5.74, 6) is -0.742. The molecule has 80 valence electrons. The van der Waals surface area contributed by atoms with Crippen molar-refractivity contribution in [2.45, 2.75) is 56.7 Å². The third kappa shape index (κ3) is 11.0. The molecule has 0 fully saturated rings. The van der Waals surface area contributed by atoms with Crippen molar-refractivity contribution in [1.29, 1.82) is 0 Å². The van der Waals surface area contributed by atoms with Gasteiger partial charge in [0.2, 0.25) is 0 Å². The number of hydrogen-bond donors (Lipinski definition) is 1. The number of aliphatic carboxylic acids is 1. The van der Waals surface area contributed by atoms with E-state index in [0.717, 1.165) is 19.3 Å². The number of hydrogen-bond acceptors (Lipinski definition) is 1. The van der Waals surface area contributed by atoms with E-state index in [1.165, 1.54) is 25.7 Å². The van der Waals surface area contributed by atoms with Crippen molar-refractivity contribution in [1.82, 2.24) is 0 Å². The molecule has 1 unspecified atom stereocenters. The molecule has 0 rings (SSSR count). The fourth-order valence-electron chi connectivity index (χ4n) is 1.23. The molecule has 0 aromatic rings. The van der Waals surface area contributed by atoms with Gasteiger partial charge in [0.05, 0.1) is 0 Å². The Labute approximate surface area is 117 Å². The fraction of sp³-hybridized carbons (Fsp3) is 0.900. The standard InChI is InChI=1S/C10H19BrO2.Na.H/c1-2-3-4-5-6-7-8-9(11)10(12)13;;/h9H,2-8H2,1H3,(H,12,13);;. The van der Waals surface area contributed by atoms with Gasteiger partial charge in [0.25, 0.3) is 0 Å². The number of halogens is 1. The number of rotatable bonds is 8. The molecule has 0 aliphatic carbocycles. The van der Waals surface area contributed by atoms with Crippen LogP contribution < -0.4 is 0 Å². The topological polar surface area (TPSA) is 37.3 Å². The zero-order chi connectivity index (χ0) is 10.1. The molecule has 1 N–H and O–H groups in total. The van der Waals surface area contributed by atoms with Gasteiger partial charge in [-0.2, -0.15) is 0 Å². The van der Waals surface area contributed by atoms with Crippen molar-refractivity contribution >= 4 is 51.5 Å². The van der Waals surface area contributed by atoms with Crippen molar-refractivity contribution in [3.05, 3.63) is 0 Å². The van der Waals surface area contributed by atoms with E-state index in [1.807, 2.05) is 0 Å². The van der Waals surface area contributed by atoms with Crippen LogP contribution in [0.2, 0.25) is 0 Å². The fourth-order valence-corrected chi connectivity index (χ4v) is 1.55. The molecule has 2 nitrogen and oxygen atoms in total. The van der Waals surface area contributed by atoms with E-state index in [-0.39, 0.29) is 34.4 Å². The second kappa shape index (κ2) is 12.0. The molecule has 0 saturated carbocycles. The normalized spacial score (nSPS) is 11.9. The quantitative estimate of drug-likeness (QED) is 0.420. The van der Waals surface area contributed by atoms with Gasteiger partial charge in [-0.1, -0.05) is 61.4 Å². The van der Waals surface area contributed by atoms with E-state index in [9.17, 15) is 4.79 Å². The summed E-state index contributed by atoms with van der Waals surface area (Å²) in [4.78, 5) is 10.1. The first kappa shape index (κ1) is 17.3. The second-order valence-corrected chi connectivity index (χ2v) is 4.47. The summed E-state index contributed by atoms with van der Waals surface area (Å²) in [7, 11) is 0. The Balaban J connectivity index is 0. The third-order valence-electron chi connectivity index (χ3n) is 2.08. The molecule has 0 spiro atoms. The first-order chi connectivity index (χ1) is 6.18. The summed E-state index contributed by atoms with van der Waals surface area (Å²) in [6, 6.07) is 0. The zero-order valence-electron chi connectivity index (χ0n) is 8.26. The van der Waals surface area contributed by atoms with Crippen molar-refractivity contribution < 1.29 is 9.90 Å². The predicted molar refractivity (Wildman–Crippen MR) is 65.5 cm³/mol. The van der Waals surface area contributed by atoms with Crippen molar-refractivity contribution in [2.75, 3.05) is 0 Å². The van der Waals surface area contributed by atoms with Gasteiger partial charge < -0.3 is 5.11 Å². The van der Waals surface area contributed by atoms with Gasteiger partial charge in [-0.15, -0.1) is 0 Å². The summed E-state index contributed by atoms with van der Waals surface area (Å²) in [5, 5.41) is 8.58. The maximum absolute atomic E-state index is 10.4. The third-order valence-corrected chi connectivity index (χ3v) is 2.93. The Morgan fingerprint density at radius 2 is 1.71 bits per heavy atom. The van der Waals surface area contributed by atoms with Crippen LogP contribution >= 0.6 is 15.9 Å². The van der Waals surface area contributed by atoms with E-state index in [2.05, 4.69) is 22.9 Å². The van der Waals surface area contributed by atoms with Gasteiger partial charge in [0.15, 0.2) is 0 Å².